The first-order valence-electron chi connectivity index (χ1n) is 5.47. The summed E-state index contributed by atoms with van der Waals surface area (Å²) >= 11 is 0. The van der Waals surface area contributed by atoms with Crippen LogP contribution in [-0.2, 0) is 0 Å². The highest BCUT2D eigenvalue weighted by Gasteiger charge is 2.10. The number of hydrogen-bond acceptors (Lipinski definition) is 3. The van der Waals surface area contributed by atoms with Gasteiger partial charge in [-0.3, -0.25) is 0 Å². The van der Waals surface area contributed by atoms with Crippen molar-refractivity contribution in [2.24, 2.45) is 0 Å². The maximum atomic E-state index is 13.5. The summed E-state index contributed by atoms with van der Waals surface area (Å²) in [7, 11) is 0. The lowest BCUT2D eigenvalue weighted by atomic mass is 10.1. The van der Waals surface area contributed by atoms with E-state index < -0.39 is 0 Å². The molecule has 1 aromatic carbocycles. The maximum Gasteiger partial charge on any atom is 0.130 e. The standard InChI is InChI=1S/C13H14FN3/c1-9(11-5-3-4-6-12(11)14)16-13-7-8-15-10(2)17-13/h3-9H,1-2H3,(H,15,16,17). The number of nitrogens with zero attached hydrogens (tertiary/aromatic N) is 2. The van der Waals surface area contributed by atoms with Gasteiger partial charge in [-0.25, -0.2) is 14.4 Å². The van der Waals surface area contributed by atoms with Gasteiger partial charge in [-0.2, -0.15) is 0 Å². The summed E-state index contributed by atoms with van der Waals surface area (Å²) in [6, 6.07) is 8.36. The molecule has 0 aliphatic carbocycles. The third-order valence-corrected chi connectivity index (χ3v) is 2.51. The lowest BCUT2D eigenvalue weighted by Crippen LogP contribution is -2.10. The zero-order valence-corrected chi connectivity index (χ0v) is 9.81. The molecule has 17 heavy (non-hydrogen) atoms. The first-order valence-corrected chi connectivity index (χ1v) is 5.47. The van der Waals surface area contributed by atoms with Crippen LogP contribution in [0.3, 0.4) is 0 Å². The quantitative estimate of drug-likeness (QED) is 0.882. The van der Waals surface area contributed by atoms with E-state index in [9.17, 15) is 4.39 Å². The average molecular weight is 231 g/mol. The van der Waals surface area contributed by atoms with Gasteiger partial charge in [0.15, 0.2) is 0 Å². The fourth-order valence-corrected chi connectivity index (χ4v) is 1.66. The molecule has 0 radical (unpaired) electrons. The van der Waals surface area contributed by atoms with E-state index in [0.717, 1.165) is 0 Å². The minimum atomic E-state index is -0.210. The highest BCUT2D eigenvalue weighted by molar-refractivity contribution is 5.37. The van der Waals surface area contributed by atoms with Crippen molar-refractivity contribution in [3.63, 3.8) is 0 Å². The van der Waals surface area contributed by atoms with Gasteiger partial charge in [0.1, 0.15) is 17.5 Å². The van der Waals surface area contributed by atoms with E-state index >= 15 is 0 Å². The Morgan fingerprint density at radius 1 is 1.24 bits per heavy atom. The van der Waals surface area contributed by atoms with Crippen LogP contribution in [0.25, 0.3) is 0 Å². The van der Waals surface area contributed by atoms with Crippen LogP contribution in [0.1, 0.15) is 24.4 Å². The largest absolute Gasteiger partial charge is 0.363 e. The van der Waals surface area contributed by atoms with Crippen molar-refractivity contribution >= 4 is 5.82 Å². The Kier molecular flexibility index (Phi) is 3.32. The van der Waals surface area contributed by atoms with Crippen LogP contribution >= 0.6 is 0 Å². The number of nitrogens with one attached hydrogen (secondary N) is 1. The Balaban J connectivity index is 2.17. The number of hydrogen-bond donors (Lipinski definition) is 1. The Hall–Kier alpha value is -1.97. The van der Waals surface area contributed by atoms with E-state index in [0.29, 0.717) is 17.2 Å². The van der Waals surface area contributed by atoms with Gasteiger partial charge in [-0.15, -0.1) is 0 Å². The Morgan fingerprint density at radius 3 is 2.71 bits per heavy atom. The minimum Gasteiger partial charge on any atom is -0.363 e. The molecule has 1 heterocycles. The molecule has 2 aromatic rings. The fraction of sp³-hybridized carbons (Fsp3) is 0.231. The molecular formula is C13H14FN3. The molecule has 1 unspecified atom stereocenters. The molecule has 3 nitrogen and oxygen atoms in total. The molecule has 0 aliphatic rings. The van der Waals surface area contributed by atoms with Gasteiger partial charge in [0.05, 0.1) is 6.04 Å². The fourth-order valence-electron chi connectivity index (χ4n) is 1.66. The summed E-state index contributed by atoms with van der Waals surface area (Å²) in [6.07, 6.45) is 1.68. The van der Waals surface area contributed by atoms with Crippen LogP contribution in [0, 0.1) is 12.7 Å². The smallest absolute Gasteiger partial charge is 0.130 e. The van der Waals surface area contributed by atoms with Gasteiger partial charge in [0.2, 0.25) is 0 Å². The summed E-state index contributed by atoms with van der Waals surface area (Å²) in [5.74, 6) is 1.18. The van der Waals surface area contributed by atoms with Crippen molar-refractivity contribution in [1.29, 1.82) is 0 Å². The molecule has 4 heteroatoms. The molecule has 1 atom stereocenters. The van der Waals surface area contributed by atoms with Crippen molar-refractivity contribution in [2.45, 2.75) is 19.9 Å². The van der Waals surface area contributed by atoms with Crippen LogP contribution in [-0.4, -0.2) is 9.97 Å². The topological polar surface area (TPSA) is 37.8 Å². The summed E-state index contributed by atoms with van der Waals surface area (Å²) in [5, 5.41) is 3.15. The molecule has 0 saturated carbocycles. The van der Waals surface area contributed by atoms with Crippen molar-refractivity contribution < 1.29 is 4.39 Å². The number of benzene rings is 1. The van der Waals surface area contributed by atoms with E-state index in [4.69, 9.17) is 0 Å². The lowest BCUT2D eigenvalue weighted by Gasteiger charge is -2.15. The summed E-state index contributed by atoms with van der Waals surface area (Å²) in [4.78, 5) is 8.24. The van der Waals surface area contributed by atoms with Crippen LogP contribution in [0.15, 0.2) is 36.5 Å². The third kappa shape index (κ3) is 2.78. The van der Waals surface area contributed by atoms with E-state index in [2.05, 4.69) is 15.3 Å². The third-order valence-electron chi connectivity index (χ3n) is 2.51. The number of aromatic nitrogens is 2. The predicted molar refractivity (Wildman–Crippen MR) is 65.2 cm³/mol. The normalized spacial score (nSPS) is 12.2. The Bertz CT molecular complexity index is 514. The molecule has 0 spiro atoms. The summed E-state index contributed by atoms with van der Waals surface area (Å²) in [6.45, 7) is 3.72. The summed E-state index contributed by atoms with van der Waals surface area (Å²) in [5.41, 5.74) is 0.628. The van der Waals surface area contributed by atoms with Crippen LogP contribution in [0.5, 0.6) is 0 Å². The molecule has 0 amide bonds. The first kappa shape index (κ1) is 11.5. The van der Waals surface area contributed by atoms with Gasteiger partial charge >= 0.3 is 0 Å². The van der Waals surface area contributed by atoms with Gasteiger partial charge in [-0.05, 0) is 26.0 Å². The van der Waals surface area contributed by atoms with Crippen molar-refractivity contribution in [3.05, 3.63) is 53.7 Å². The second kappa shape index (κ2) is 4.91. The number of anilines is 1. The van der Waals surface area contributed by atoms with Crippen LogP contribution in [0.4, 0.5) is 10.2 Å². The minimum absolute atomic E-state index is 0.134. The van der Waals surface area contributed by atoms with Crippen LogP contribution in [0.2, 0.25) is 0 Å². The molecule has 1 N–H and O–H groups in total. The molecule has 0 fully saturated rings. The molecule has 0 aliphatic heterocycles. The van der Waals surface area contributed by atoms with E-state index in [-0.39, 0.29) is 11.9 Å². The van der Waals surface area contributed by atoms with Crippen molar-refractivity contribution in [3.8, 4) is 0 Å². The highest BCUT2D eigenvalue weighted by atomic mass is 19.1. The molecule has 1 aromatic heterocycles. The monoisotopic (exact) mass is 231 g/mol. The number of aryl methyl sites for hydroxylation is 1. The van der Waals surface area contributed by atoms with E-state index in [1.807, 2.05) is 19.9 Å². The van der Waals surface area contributed by atoms with E-state index in [1.54, 1.807) is 24.4 Å². The number of halogens is 1. The Labute approximate surface area is 99.7 Å². The van der Waals surface area contributed by atoms with E-state index in [1.165, 1.54) is 6.07 Å². The SMILES string of the molecule is Cc1nccc(NC(C)c2ccccc2F)n1. The zero-order valence-electron chi connectivity index (χ0n) is 9.81. The molecule has 0 saturated heterocycles. The second-order valence-corrected chi connectivity index (χ2v) is 3.88. The van der Waals surface area contributed by atoms with Crippen molar-refractivity contribution in [1.82, 2.24) is 9.97 Å². The average Bonchev–Trinajstić information content (AvgIpc) is 2.29. The molecular weight excluding hydrogens is 217 g/mol. The summed E-state index contributed by atoms with van der Waals surface area (Å²) < 4.78 is 13.5. The maximum absolute atomic E-state index is 13.5. The Morgan fingerprint density at radius 2 is 2.00 bits per heavy atom. The molecule has 88 valence electrons. The van der Waals surface area contributed by atoms with Gasteiger partial charge < -0.3 is 5.32 Å². The predicted octanol–water partition coefficient (Wildman–Crippen LogP) is 3.10. The lowest BCUT2D eigenvalue weighted by molar-refractivity contribution is 0.600. The molecule has 0 bridgehead atoms. The first-order chi connectivity index (χ1) is 8.16. The van der Waals surface area contributed by atoms with Crippen LogP contribution < -0.4 is 5.32 Å². The second-order valence-electron chi connectivity index (χ2n) is 3.88. The zero-order chi connectivity index (χ0) is 12.3. The van der Waals surface area contributed by atoms with Gasteiger partial charge in [-0.1, -0.05) is 18.2 Å². The molecule has 2 rings (SSSR count). The van der Waals surface area contributed by atoms with Gasteiger partial charge in [0, 0.05) is 11.8 Å². The van der Waals surface area contributed by atoms with Gasteiger partial charge in [0.25, 0.3) is 0 Å². The van der Waals surface area contributed by atoms with Crippen molar-refractivity contribution in [2.75, 3.05) is 5.32 Å². The highest BCUT2D eigenvalue weighted by Crippen LogP contribution is 2.20. The number of rotatable bonds is 3.